The van der Waals surface area contributed by atoms with Crippen molar-refractivity contribution in [3.05, 3.63) is 22.1 Å². The molecule has 1 saturated heterocycles. The van der Waals surface area contributed by atoms with E-state index in [1.807, 2.05) is 11.9 Å². The number of hydrogen-bond acceptors (Lipinski definition) is 6. The highest BCUT2D eigenvalue weighted by molar-refractivity contribution is 5.77. The number of likely N-dealkylation sites (tertiary alicyclic amines) is 1. The Hall–Kier alpha value is -1.93. The number of likely N-dealkylation sites (N-methyl/N-ethyl adjacent to an activating group) is 1. The number of amides is 1. The van der Waals surface area contributed by atoms with Gasteiger partial charge in [-0.15, -0.1) is 0 Å². The first-order chi connectivity index (χ1) is 12.5. The first kappa shape index (κ1) is 18.8. The number of anilines is 1. The van der Waals surface area contributed by atoms with Gasteiger partial charge in [-0.2, -0.15) is 0 Å². The Morgan fingerprint density at radius 3 is 2.88 bits per heavy atom. The lowest BCUT2D eigenvalue weighted by molar-refractivity contribution is -0.137. The van der Waals surface area contributed by atoms with Crippen molar-refractivity contribution in [1.82, 2.24) is 19.8 Å². The molecule has 1 atom stereocenters. The van der Waals surface area contributed by atoms with Crippen molar-refractivity contribution < 1.29 is 9.53 Å². The molecule has 1 aliphatic carbocycles. The van der Waals surface area contributed by atoms with Crippen LogP contribution >= 0.6 is 0 Å². The fourth-order valence-electron chi connectivity index (χ4n) is 3.83. The number of hydrogen-bond donors (Lipinski definition) is 2. The number of carbonyl (C=O) groups excluding carboxylic acids is 1. The van der Waals surface area contributed by atoms with Gasteiger partial charge >= 0.3 is 0 Å². The van der Waals surface area contributed by atoms with Crippen LogP contribution in [0.1, 0.15) is 44.2 Å². The highest BCUT2D eigenvalue weighted by atomic mass is 16.5. The second kappa shape index (κ2) is 8.64. The zero-order valence-corrected chi connectivity index (χ0v) is 15.4. The Bertz CT molecular complexity index is 671. The quantitative estimate of drug-likeness (QED) is 0.772. The number of aromatic nitrogens is 2. The van der Waals surface area contributed by atoms with Crippen LogP contribution in [-0.4, -0.2) is 64.6 Å². The lowest BCUT2D eigenvalue weighted by Gasteiger charge is -2.25. The van der Waals surface area contributed by atoms with Gasteiger partial charge in [0.1, 0.15) is 6.61 Å². The Morgan fingerprint density at radius 1 is 1.38 bits per heavy atom. The molecule has 0 aromatic carbocycles. The Balaban J connectivity index is 1.46. The average molecular weight is 363 g/mol. The highest BCUT2D eigenvalue weighted by Crippen LogP contribution is 2.21. The summed E-state index contributed by atoms with van der Waals surface area (Å²) in [5.41, 5.74) is 5.99. The molecular weight excluding hydrogens is 334 g/mol. The number of nitrogens with two attached hydrogens (primary N) is 1. The molecule has 2 fully saturated rings. The molecule has 8 heteroatoms. The summed E-state index contributed by atoms with van der Waals surface area (Å²) in [5.74, 6) is 0.203. The van der Waals surface area contributed by atoms with Gasteiger partial charge in [-0.3, -0.25) is 19.5 Å². The summed E-state index contributed by atoms with van der Waals surface area (Å²) in [6.45, 7) is 2.14. The number of ether oxygens (including phenoxy) is 1. The number of nitrogen functional groups attached to an aromatic ring is 1. The molecule has 2 aliphatic rings. The summed E-state index contributed by atoms with van der Waals surface area (Å²) in [6, 6.07) is 1.71. The highest BCUT2D eigenvalue weighted by Gasteiger charge is 2.29. The maximum atomic E-state index is 12.4. The minimum absolute atomic E-state index is 0.0741. The first-order valence-electron chi connectivity index (χ1n) is 9.46. The van der Waals surface area contributed by atoms with Crippen molar-refractivity contribution in [2.24, 2.45) is 0 Å². The zero-order chi connectivity index (χ0) is 18.5. The van der Waals surface area contributed by atoms with Crippen LogP contribution in [0.2, 0.25) is 0 Å². The van der Waals surface area contributed by atoms with Crippen molar-refractivity contribution in [1.29, 1.82) is 0 Å². The van der Waals surface area contributed by atoms with Crippen LogP contribution in [0.15, 0.2) is 10.9 Å². The van der Waals surface area contributed by atoms with Crippen molar-refractivity contribution in [2.45, 2.75) is 57.2 Å². The molecule has 1 saturated carbocycles. The molecule has 1 unspecified atom stereocenters. The van der Waals surface area contributed by atoms with Crippen LogP contribution in [-0.2, 0) is 16.1 Å². The van der Waals surface area contributed by atoms with Gasteiger partial charge in [-0.05, 0) is 26.3 Å². The van der Waals surface area contributed by atoms with E-state index in [1.54, 1.807) is 0 Å². The fourth-order valence-corrected chi connectivity index (χ4v) is 3.83. The molecule has 144 valence electrons. The molecule has 0 radical (unpaired) electrons. The van der Waals surface area contributed by atoms with E-state index in [2.05, 4.69) is 14.9 Å². The number of nitrogens with zero attached hydrogens (tertiary/aromatic N) is 3. The van der Waals surface area contributed by atoms with E-state index in [0.29, 0.717) is 18.8 Å². The van der Waals surface area contributed by atoms with Gasteiger partial charge < -0.3 is 15.4 Å². The lowest BCUT2D eigenvalue weighted by Crippen LogP contribution is -2.38. The predicted octanol–water partition coefficient (Wildman–Crippen LogP) is 0.734. The standard InChI is InChI=1S/C18H29N5O3/c1-22(10-13-9-16(24)21-18(19)20-13)14-7-8-23(11-14)17(25)12-26-15-5-3-2-4-6-15/h9,14-15H,2-8,10-12H2,1H3,(H3,19,20,21,24). The number of carbonyl (C=O) groups is 1. The minimum atomic E-state index is -0.246. The Morgan fingerprint density at radius 2 is 2.15 bits per heavy atom. The molecule has 1 aliphatic heterocycles. The van der Waals surface area contributed by atoms with Gasteiger partial charge in [0.2, 0.25) is 11.9 Å². The average Bonchev–Trinajstić information content (AvgIpc) is 3.10. The third-order valence-corrected chi connectivity index (χ3v) is 5.36. The maximum Gasteiger partial charge on any atom is 0.252 e. The number of rotatable bonds is 6. The molecule has 26 heavy (non-hydrogen) atoms. The second-order valence-corrected chi connectivity index (χ2v) is 7.39. The molecule has 0 bridgehead atoms. The predicted molar refractivity (Wildman–Crippen MR) is 98.5 cm³/mol. The van der Waals surface area contributed by atoms with Gasteiger partial charge in [0, 0.05) is 31.7 Å². The molecule has 1 aromatic rings. The molecule has 0 spiro atoms. The van der Waals surface area contributed by atoms with Crippen molar-refractivity contribution >= 4 is 11.9 Å². The van der Waals surface area contributed by atoms with E-state index in [9.17, 15) is 9.59 Å². The smallest absolute Gasteiger partial charge is 0.252 e. The van der Waals surface area contributed by atoms with Crippen molar-refractivity contribution in [3.8, 4) is 0 Å². The molecule has 2 heterocycles. The zero-order valence-electron chi connectivity index (χ0n) is 15.4. The third kappa shape index (κ3) is 5.04. The lowest BCUT2D eigenvalue weighted by atomic mass is 9.98. The van der Waals surface area contributed by atoms with Gasteiger partial charge in [0.25, 0.3) is 5.56 Å². The van der Waals surface area contributed by atoms with E-state index >= 15 is 0 Å². The van der Waals surface area contributed by atoms with E-state index in [4.69, 9.17) is 10.5 Å². The summed E-state index contributed by atoms with van der Waals surface area (Å²) in [5, 5.41) is 0. The SMILES string of the molecule is CN(Cc1cc(=O)[nH]c(N)n1)C1CCN(C(=O)COC2CCCCC2)C1. The van der Waals surface area contributed by atoms with Crippen molar-refractivity contribution in [3.63, 3.8) is 0 Å². The summed E-state index contributed by atoms with van der Waals surface area (Å²) in [4.78, 5) is 34.5. The largest absolute Gasteiger partial charge is 0.369 e. The van der Waals surface area contributed by atoms with Crippen molar-refractivity contribution in [2.75, 3.05) is 32.5 Å². The third-order valence-electron chi connectivity index (χ3n) is 5.36. The van der Waals surface area contributed by atoms with Crippen LogP contribution in [0.4, 0.5) is 5.95 Å². The topological polar surface area (TPSA) is 105 Å². The molecule has 3 N–H and O–H groups in total. The van der Waals surface area contributed by atoms with Crippen LogP contribution in [0, 0.1) is 0 Å². The minimum Gasteiger partial charge on any atom is -0.369 e. The number of nitrogens with one attached hydrogen (secondary N) is 1. The Kier molecular flexibility index (Phi) is 6.26. The van der Waals surface area contributed by atoms with E-state index < -0.39 is 0 Å². The van der Waals surface area contributed by atoms with E-state index in [0.717, 1.165) is 25.8 Å². The molecular formula is C18H29N5O3. The van der Waals surface area contributed by atoms with Gasteiger partial charge in [-0.25, -0.2) is 4.98 Å². The fraction of sp³-hybridized carbons (Fsp3) is 0.722. The van der Waals surface area contributed by atoms with E-state index in [1.165, 1.54) is 25.3 Å². The summed E-state index contributed by atoms with van der Waals surface area (Å²) >= 11 is 0. The molecule has 1 amide bonds. The van der Waals surface area contributed by atoms with Crippen LogP contribution in [0.5, 0.6) is 0 Å². The van der Waals surface area contributed by atoms with Crippen LogP contribution in [0.25, 0.3) is 0 Å². The summed E-state index contributed by atoms with van der Waals surface area (Å²) < 4.78 is 5.81. The van der Waals surface area contributed by atoms with Gasteiger partial charge in [0.05, 0.1) is 11.8 Å². The van der Waals surface area contributed by atoms with Gasteiger partial charge in [0.15, 0.2) is 0 Å². The monoisotopic (exact) mass is 363 g/mol. The summed E-state index contributed by atoms with van der Waals surface area (Å²) in [7, 11) is 1.98. The molecule has 3 rings (SSSR count). The summed E-state index contributed by atoms with van der Waals surface area (Å²) in [6.07, 6.45) is 7.00. The van der Waals surface area contributed by atoms with E-state index in [-0.39, 0.29) is 36.2 Å². The van der Waals surface area contributed by atoms with Gasteiger partial charge in [-0.1, -0.05) is 19.3 Å². The second-order valence-electron chi connectivity index (χ2n) is 7.39. The molecule has 8 nitrogen and oxygen atoms in total. The Labute approximate surface area is 153 Å². The molecule has 1 aromatic heterocycles. The van der Waals surface area contributed by atoms with Crippen LogP contribution < -0.4 is 11.3 Å². The number of aromatic amines is 1. The maximum absolute atomic E-state index is 12.4. The normalized spacial score (nSPS) is 21.5. The number of H-pyrrole nitrogens is 1. The van der Waals surface area contributed by atoms with Crippen LogP contribution in [0.3, 0.4) is 0 Å². The first-order valence-corrected chi connectivity index (χ1v) is 9.46.